The maximum absolute atomic E-state index is 12.6. The molecule has 0 saturated carbocycles. The number of ether oxygens (including phenoxy) is 3. The summed E-state index contributed by atoms with van der Waals surface area (Å²) in [5.41, 5.74) is 4.39. The number of fused-ring (bicyclic) bond motifs is 2. The van der Waals surface area contributed by atoms with Gasteiger partial charge < -0.3 is 54.9 Å². The number of aromatic nitrogens is 8. The number of aliphatic hydroxyl groups is 3. The normalized spacial score (nSPS) is 29.8. The fourth-order valence-corrected chi connectivity index (χ4v) is 9.33. The highest BCUT2D eigenvalue weighted by Gasteiger charge is 2.51. The van der Waals surface area contributed by atoms with E-state index in [0.29, 0.717) is 0 Å². The first-order valence-electron chi connectivity index (χ1n) is 15.0. The van der Waals surface area contributed by atoms with E-state index in [1.54, 1.807) is 0 Å². The van der Waals surface area contributed by atoms with Crippen LogP contribution in [-0.4, -0.2) is 121 Å². The maximum atomic E-state index is 12.6. The highest BCUT2D eigenvalue weighted by molar-refractivity contribution is 7.66. The molecular formula is C23H33N9O18P3+. The van der Waals surface area contributed by atoms with Gasteiger partial charge in [0, 0.05) is 7.11 Å². The average Bonchev–Trinajstić information content (AvgIpc) is 3.76. The predicted molar refractivity (Wildman–Crippen MR) is 169 cm³/mol. The smallest absolute Gasteiger partial charge is 0.387 e. The lowest BCUT2D eigenvalue weighted by molar-refractivity contribution is -0.745. The van der Waals surface area contributed by atoms with E-state index >= 15 is 0 Å². The van der Waals surface area contributed by atoms with Crippen molar-refractivity contribution < 1.29 is 80.1 Å². The third kappa shape index (κ3) is 7.92. The fraction of sp³-hybridized carbons (Fsp3) is 0.565. The minimum Gasteiger partial charge on any atom is -0.387 e. The number of phosphoric ester groups is 2. The molecular weight excluding hydrogens is 783 g/mol. The van der Waals surface area contributed by atoms with E-state index in [-0.39, 0.29) is 34.1 Å². The Hall–Kier alpha value is -3.33. The standard InChI is InChI=1S/C23H32N9O18P3/c1-8-26-17-11(19(36)27-8)25-6-31(17)21-14(34)13(33)9(47-21)4-45-51(38,39)49-53(42,43)50-52(40,41)46-5-10-16(44-3)15(35)22(48-10)32-7-30(2)12-18(32)28-23(24)29-20(12)37/h6-7,9-10,13-16,21-22,33-35H,4-5H2,1-3H3,(H6-,24,26,27,28,29,36,37,38,39,40,41,42,43)/p+1/t9-,10-,13?,14+,15?,16+,21-,22-/m1/s1. The molecule has 6 rings (SSSR count). The molecule has 30 heteroatoms. The van der Waals surface area contributed by atoms with E-state index in [1.807, 2.05) is 0 Å². The van der Waals surface area contributed by atoms with Crippen molar-refractivity contribution >= 4 is 51.7 Å². The highest BCUT2D eigenvalue weighted by atomic mass is 31.3. The van der Waals surface area contributed by atoms with Crippen molar-refractivity contribution in [2.75, 3.05) is 26.1 Å². The molecule has 2 aliphatic heterocycles. The van der Waals surface area contributed by atoms with Gasteiger partial charge in [0.25, 0.3) is 17.1 Å². The molecule has 2 saturated heterocycles. The second kappa shape index (κ2) is 14.4. The lowest BCUT2D eigenvalue weighted by Crippen LogP contribution is -2.46. The lowest BCUT2D eigenvalue weighted by Gasteiger charge is -2.21. The molecule has 6 heterocycles. The van der Waals surface area contributed by atoms with Gasteiger partial charge in [-0.2, -0.15) is 8.62 Å². The number of anilines is 1. The number of hydrogen-bond donors (Lipinski definition) is 9. The molecule has 53 heavy (non-hydrogen) atoms. The van der Waals surface area contributed by atoms with Gasteiger partial charge in [-0.15, -0.1) is 0 Å². The molecule has 5 unspecified atom stereocenters. The van der Waals surface area contributed by atoms with Gasteiger partial charge in [0.05, 0.1) is 26.6 Å². The zero-order valence-electron chi connectivity index (χ0n) is 27.4. The van der Waals surface area contributed by atoms with E-state index in [9.17, 15) is 53.3 Å². The summed E-state index contributed by atoms with van der Waals surface area (Å²) in [6, 6.07) is 0. The molecule has 0 spiro atoms. The predicted octanol–water partition coefficient (Wildman–Crippen LogP) is -3.17. The SMILES string of the molecule is CO[C@@H]1C(O)[C@H]([n+]2cn(C)c3c(=O)[nH]c(N)nc32)O[C@@H]1COP(=O)(O)OP(=O)(O)OP(=O)(O)OC[C@H]1O[C@@H](n2cnc3c(=O)[nH]c(C)nc32)[C@@H](O)C1O. The number of hydrogen-bond acceptors (Lipinski definition) is 19. The third-order valence-electron chi connectivity index (χ3n) is 8.02. The first-order chi connectivity index (χ1) is 24.7. The van der Waals surface area contributed by atoms with E-state index in [0.717, 1.165) is 10.9 Å². The minimum absolute atomic E-state index is 0.00129. The number of methoxy groups -OCH3 is 1. The number of phosphoric acid groups is 3. The Balaban J connectivity index is 1.06. The summed E-state index contributed by atoms with van der Waals surface area (Å²) in [4.78, 5) is 71.7. The molecule has 27 nitrogen and oxygen atoms in total. The second-order valence-corrected chi connectivity index (χ2v) is 16.3. The molecule has 2 fully saturated rings. The Morgan fingerprint density at radius 3 is 2.21 bits per heavy atom. The first kappa shape index (κ1) is 39.4. The number of aliphatic hydroxyl groups excluding tert-OH is 3. The Morgan fingerprint density at radius 1 is 0.925 bits per heavy atom. The average molecular weight is 816 g/mol. The summed E-state index contributed by atoms with van der Waals surface area (Å²) in [5.74, 6) is -0.0452. The molecule has 0 bridgehead atoms. The number of rotatable bonds is 13. The maximum Gasteiger partial charge on any atom is 0.490 e. The number of nitrogens with one attached hydrogen (secondary N) is 2. The van der Waals surface area contributed by atoms with Crippen molar-refractivity contribution in [3.05, 3.63) is 39.2 Å². The summed E-state index contributed by atoms with van der Waals surface area (Å²) < 4.78 is 75.5. The van der Waals surface area contributed by atoms with Gasteiger partial charge in [0.1, 0.15) is 42.4 Å². The number of aromatic amines is 2. The van der Waals surface area contributed by atoms with E-state index in [1.165, 1.54) is 36.5 Å². The summed E-state index contributed by atoms with van der Waals surface area (Å²) in [6.07, 6.45) is -9.50. The van der Waals surface area contributed by atoms with Gasteiger partial charge in [-0.05, 0) is 6.92 Å². The Bertz CT molecular complexity index is 2300. The summed E-state index contributed by atoms with van der Waals surface area (Å²) in [7, 11) is -14.6. The van der Waals surface area contributed by atoms with E-state index in [4.69, 9.17) is 24.5 Å². The number of aryl methyl sites for hydroxylation is 2. The minimum atomic E-state index is -5.97. The van der Waals surface area contributed by atoms with Gasteiger partial charge in [-0.1, -0.05) is 4.98 Å². The van der Waals surface area contributed by atoms with Crippen molar-refractivity contribution in [3.8, 4) is 0 Å². The largest absolute Gasteiger partial charge is 0.490 e. The molecule has 292 valence electrons. The summed E-state index contributed by atoms with van der Waals surface area (Å²) in [6.45, 7) is -0.513. The van der Waals surface area contributed by atoms with Gasteiger partial charge >= 0.3 is 29.1 Å². The van der Waals surface area contributed by atoms with Crippen molar-refractivity contribution in [2.45, 2.75) is 56.0 Å². The van der Waals surface area contributed by atoms with Crippen LogP contribution in [0.25, 0.3) is 22.3 Å². The first-order valence-corrected chi connectivity index (χ1v) is 19.5. The molecule has 0 aliphatic carbocycles. The monoisotopic (exact) mass is 816 g/mol. The molecule has 0 radical (unpaired) electrons. The quantitative estimate of drug-likeness (QED) is 0.0475. The molecule has 2 aliphatic rings. The van der Waals surface area contributed by atoms with Crippen LogP contribution in [-0.2, 0) is 52.6 Å². The lowest BCUT2D eigenvalue weighted by atomic mass is 10.1. The molecule has 10 N–H and O–H groups in total. The molecule has 4 aromatic rings. The van der Waals surface area contributed by atoms with Gasteiger partial charge in [-0.3, -0.25) is 32.8 Å². The van der Waals surface area contributed by atoms with E-state index in [2.05, 4.69) is 38.1 Å². The number of nitrogen functional groups attached to an aromatic ring is 1. The molecule has 0 aromatic carbocycles. The zero-order chi connectivity index (χ0) is 38.8. The number of nitrogens with two attached hydrogens (primary N) is 1. The topological polar surface area (TPSA) is 381 Å². The zero-order valence-corrected chi connectivity index (χ0v) is 30.1. The molecule has 0 amide bonds. The Labute approximate surface area is 294 Å². The Morgan fingerprint density at radius 2 is 1.57 bits per heavy atom. The highest BCUT2D eigenvalue weighted by Crippen LogP contribution is 2.67. The van der Waals surface area contributed by atoms with Crippen LogP contribution < -0.4 is 21.4 Å². The third-order valence-corrected chi connectivity index (χ3v) is 12.3. The van der Waals surface area contributed by atoms with Crippen molar-refractivity contribution in [2.24, 2.45) is 7.05 Å². The molecule has 11 atom stereocenters. The van der Waals surface area contributed by atoms with Crippen LogP contribution in [0.4, 0.5) is 5.95 Å². The summed E-state index contributed by atoms with van der Waals surface area (Å²) >= 11 is 0. The summed E-state index contributed by atoms with van der Waals surface area (Å²) in [5, 5.41) is 32.0. The molecule has 4 aromatic heterocycles. The van der Waals surface area contributed by atoms with Crippen LogP contribution in [0, 0.1) is 6.92 Å². The number of H-pyrrole nitrogens is 2. The van der Waals surface area contributed by atoms with Gasteiger partial charge in [-0.25, -0.2) is 28.2 Å². The van der Waals surface area contributed by atoms with Gasteiger partial charge in [0.2, 0.25) is 11.7 Å². The van der Waals surface area contributed by atoms with Crippen LogP contribution in [0.5, 0.6) is 0 Å². The Kier molecular flexibility index (Phi) is 10.7. The number of nitrogens with zero attached hydrogens (tertiary/aromatic N) is 6. The van der Waals surface area contributed by atoms with Crippen LogP contribution in [0.2, 0.25) is 0 Å². The van der Waals surface area contributed by atoms with Crippen LogP contribution in [0.3, 0.4) is 0 Å². The van der Waals surface area contributed by atoms with Crippen LogP contribution >= 0.6 is 23.5 Å². The van der Waals surface area contributed by atoms with Crippen LogP contribution in [0.1, 0.15) is 18.3 Å². The van der Waals surface area contributed by atoms with Crippen LogP contribution in [0.15, 0.2) is 22.2 Å². The van der Waals surface area contributed by atoms with Crippen molar-refractivity contribution in [3.63, 3.8) is 0 Å². The van der Waals surface area contributed by atoms with Crippen molar-refractivity contribution in [1.82, 2.24) is 34.1 Å². The van der Waals surface area contributed by atoms with E-state index < -0.39 is 96.9 Å². The van der Waals surface area contributed by atoms with Crippen molar-refractivity contribution in [1.29, 1.82) is 0 Å². The fourth-order valence-electron chi connectivity index (χ4n) is 5.81. The number of imidazole rings is 2. The van der Waals surface area contributed by atoms with Gasteiger partial charge in [0.15, 0.2) is 23.7 Å². The second-order valence-electron chi connectivity index (χ2n) is 11.7.